The molecule has 0 fully saturated rings. The summed E-state index contributed by atoms with van der Waals surface area (Å²) in [5, 5.41) is 10.4. The van der Waals surface area contributed by atoms with E-state index in [-0.39, 0.29) is 0 Å². The van der Waals surface area contributed by atoms with Crippen LogP contribution in [0.15, 0.2) is 22.7 Å². The third-order valence-corrected chi connectivity index (χ3v) is 5.00. The molecule has 3 nitrogen and oxygen atoms in total. The summed E-state index contributed by atoms with van der Waals surface area (Å²) < 4.78 is 0.885. The summed E-state index contributed by atoms with van der Waals surface area (Å²) in [6.07, 6.45) is 2.80. The molecular weight excluding hydrogens is 330 g/mol. The highest BCUT2D eigenvalue weighted by molar-refractivity contribution is 9.10. The van der Waals surface area contributed by atoms with Crippen molar-refractivity contribution in [2.24, 2.45) is 11.8 Å². The van der Waals surface area contributed by atoms with E-state index in [0.717, 1.165) is 45.9 Å². The van der Waals surface area contributed by atoms with Crippen LogP contribution in [0.25, 0.3) is 10.9 Å². The van der Waals surface area contributed by atoms with Crippen LogP contribution in [0.2, 0.25) is 0 Å². The fourth-order valence-electron chi connectivity index (χ4n) is 3.25. The number of pyridine rings is 1. The Morgan fingerprint density at radius 2 is 2.19 bits per heavy atom. The van der Waals surface area contributed by atoms with E-state index in [9.17, 15) is 9.90 Å². The first-order valence-corrected chi connectivity index (χ1v) is 8.11. The molecule has 1 N–H and O–H groups in total. The Balaban J connectivity index is 2.26. The summed E-state index contributed by atoms with van der Waals surface area (Å²) in [4.78, 5) is 16.5. The van der Waals surface area contributed by atoms with Crippen molar-refractivity contribution in [3.8, 4) is 0 Å². The Bertz CT molecular complexity index is 724. The summed E-state index contributed by atoms with van der Waals surface area (Å²) >= 11 is 3.43. The second-order valence-electron chi connectivity index (χ2n) is 6.13. The maximum Gasteiger partial charge on any atom is 0.336 e. The van der Waals surface area contributed by atoms with Gasteiger partial charge in [0.15, 0.2) is 0 Å². The number of fused-ring (bicyclic) bond motifs is 2. The first kappa shape index (κ1) is 14.5. The molecule has 3 rings (SSSR count). The Morgan fingerprint density at radius 3 is 2.86 bits per heavy atom. The van der Waals surface area contributed by atoms with E-state index in [1.807, 2.05) is 18.2 Å². The molecule has 21 heavy (non-hydrogen) atoms. The van der Waals surface area contributed by atoms with Crippen molar-refractivity contribution in [2.75, 3.05) is 0 Å². The molecule has 0 spiro atoms. The van der Waals surface area contributed by atoms with E-state index in [0.29, 0.717) is 17.4 Å². The molecule has 110 valence electrons. The van der Waals surface area contributed by atoms with Crippen molar-refractivity contribution in [1.29, 1.82) is 0 Å². The van der Waals surface area contributed by atoms with Crippen LogP contribution in [0.3, 0.4) is 0 Å². The number of rotatable bonds is 2. The number of hydrogen-bond donors (Lipinski definition) is 1. The SMILES string of the molecule is CC(C)C1CCc2nc3ccc(Br)cc3c(C(=O)O)c2C1. The fourth-order valence-corrected chi connectivity index (χ4v) is 3.61. The van der Waals surface area contributed by atoms with E-state index in [1.165, 1.54) is 0 Å². The van der Waals surface area contributed by atoms with Gasteiger partial charge in [-0.1, -0.05) is 29.8 Å². The Hall–Kier alpha value is -1.42. The van der Waals surface area contributed by atoms with Crippen molar-refractivity contribution in [3.63, 3.8) is 0 Å². The zero-order valence-corrected chi connectivity index (χ0v) is 13.8. The molecule has 0 saturated carbocycles. The monoisotopic (exact) mass is 347 g/mol. The number of carbonyl (C=O) groups is 1. The van der Waals surface area contributed by atoms with Gasteiger partial charge < -0.3 is 5.11 Å². The average molecular weight is 348 g/mol. The number of halogens is 1. The van der Waals surface area contributed by atoms with Crippen molar-refractivity contribution < 1.29 is 9.90 Å². The van der Waals surface area contributed by atoms with Gasteiger partial charge in [-0.2, -0.15) is 0 Å². The average Bonchev–Trinajstić information content (AvgIpc) is 2.43. The van der Waals surface area contributed by atoms with Gasteiger partial charge in [0.25, 0.3) is 0 Å². The number of aromatic carboxylic acids is 1. The van der Waals surface area contributed by atoms with Gasteiger partial charge >= 0.3 is 5.97 Å². The third kappa shape index (κ3) is 2.57. The molecule has 0 radical (unpaired) electrons. The first-order chi connectivity index (χ1) is 9.97. The zero-order valence-electron chi connectivity index (χ0n) is 12.2. The number of aromatic nitrogens is 1. The van der Waals surface area contributed by atoms with Crippen LogP contribution in [0.1, 0.15) is 41.9 Å². The minimum absolute atomic E-state index is 0.446. The van der Waals surface area contributed by atoms with Crippen molar-refractivity contribution in [1.82, 2.24) is 4.98 Å². The highest BCUT2D eigenvalue weighted by Crippen LogP contribution is 2.35. The molecule has 1 unspecified atom stereocenters. The number of carboxylic acids is 1. The topological polar surface area (TPSA) is 50.2 Å². The lowest BCUT2D eigenvalue weighted by Gasteiger charge is -2.28. The molecule has 0 aliphatic heterocycles. The van der Waals surface area contributed by atoms with Crippen LogP contribution in [0.5, 0.6) is 0 Å². The summed E-state index contributed by atoms with van der Waals surface area (Å²) in [5.41, 5.74) is 3.14. The maximum absolute atomic E-state index is 11.8. The fraction of sp³-hybridized carbons (Fsp3) is 0.412. The number of nitrogens with zero attached hydrogens (tertiary/aromatic N) is 1. The highest BCUT2D eigenvalue weighted by atomic mass is 79.9. The smallest absolute Gasteiger partial charge is 0.336 e. The van der Waals surface area contributed by atoms with Gasteiger partial charge in [0, 0.05) is 15.6 Å². The Morgan fingerprint density at radius 1 is 1.43 bits per heavy atom. The lowest BCUT2D eigenvalue weighted by atomic mass is 9.78. The molecule has 0 saturated heterocycles. The molecule has 0 amide bonds. The molecule has 0 bridgehead atoms. The Labute approximate surface area is 132 Å². The van der Waals surface area contributed by atoms with Crippen LogP contribution in [0, 0.1) is 11.8 Å². The molecule has 1 aromatic heterocycles. The summed E-state index contributed by atoms with van der Waals surface area (Å²) in [7, 11) is 0. The third-order valence-electron chi connectivity index (χ3n) is 4.51. The lowest BCUT2D eigenvalue weighted by molar-refractivity contribution is 0.0696. The van der Waals surface area contributed by atoms with Crippen molar-refractivity contribution in [3.05, 3.63) is 39.5 Å². The largest absolute Gasteiger partial charge is 0.478 e. The van der Waals surface area contributed by atoms with Gasteiger partial charge in [0.2, 0.25) is 0 Å². The van der Waals surface area contributed by atoms with E-state index in [4.69, 9.17) is 4.98 Å². The predicted molar refractivity (Wildman–Crippen MR) is 86.8 cm³/mol. The number of benzene rings is 1. The van der Waals surface area contributed by atoms with Crippen LogP contribution in [0.4, 0.5) is 0 Å². The summed E-state index contributed by atoms with van der Waals surface area (Å²) in [6.45, 7) is 4.42. The molecular formula is C17H18BrNO2. The number of carboxylic acid groups (broad SMARTS) is 1. The summed E-state index contributed by atoms with van der Waals surface area (Å²) in [6, 6.07) is 5.67. The molecule has 1 atom stereocenters. The van der Waals surface area contributed by atoms with Crippen LogP contribution in [-0.4, -0.2) is 16.1 Å². The predicted octanol–water partition coefficient (Wildman–Crippen LogP) is 4.46. The van der Waals surface area contributed by atoms with Gasteiger partial charge in [0.1, 0.15) is 0 Å². The molecule has 1 aliphatic carbocycles. The quantitative estimate of drug-likeness (QED) is 0.872. The molecule has 1 heterocycles. The second-order valence-corrected chi connectivity index (χ2v) is 7.04. The van der Waals surface area contributed by atoms with Gasteiger partial charge in [0.05, 0.1) is 11.1 Å². The van der Waals surface area contributed by atoms with Gasteiger partial charge in [-0.05, 0) is 54.9 Å². The molecule has 4 heteroatoms. The van der Waals surface area contributed by atoms with Gasteiger partial charge in [-0.3, -0.25) is 4.98 Å². The second kappa shape index (κ2) is 5.41. The minimum Gasteiger partial charge on any atom is -0.478 e. The first-order valence-electron chi connectivity index (χ1n) is 7.31. The Kier molecular flexibility index (Phi) is 3.74. The number of hydrogen-bond acceptors (Lipinski definition) is 2. The van der Waals surface area contributed by atoms with Crippen LogP contribution >= 0.6 is 15.9 Å². The highest BCUT2D eigenvalue weighted by Gasteiger charge is 2.28. The van der Waals surface area contributed by atoms with Crippen LogP contribution < -0.4 is 0 Å². The van der Waals surface area contributed by atoms with E-state index < -0.39 is 5.97 Å². The molecule has 1 aliphatic rings. The zero-order chi connectivity index (χ0) is 15.1. The van der Waals surface area contributed by atoms with E-state index >= 15 is 0 Å². The molecule has 2 aromatic rings. The van der Waals surface area contributed by atoms with Crippen molar-refractivity contribution >= 4 is 32.8 Å². The van der Waals surface area contributed by atoms with E-state index in [1.54, 1.807) is 0 Å². The number of aryl methyl sites for hydroxylation is 1. The molecule has 1 aromatic carbocycles. The van der Waals surface area contributed by atoms with Crippen molar-refractivity contribution in [2.45, 2.75) is 33.1 Å². The normalized spacial score (nSPS) is 18.0. The minimum atomic E-state index is -0.846. The van der Waals surface area contributed by atoms with Gasteiger partial charge in [-0.25, -0.2) is 4.79 Å². The maximum atomic E-state index is 11.8. The summed E-state index contributed by atoms with van der Waals surface area (Å²) in [5.74, 6) is 0.265. The van der Waals surface area contributed by atoms with Gasteiger partial charge in [-0.15, -0.1) is 0 Å². The van der Waals surface area contributed by atoms with Crippen LogP contribution in [-0.2, 0) is 12.8 Å². The lowest BCUT2D eigenvalue weighted by Crippen LogP contribution is -2.23. The standard InChI is InChI=1S/C17H18BrNO2/c1-9(2)10-3-5-14-12(7-10)16(17(20)21)13-8-11(18)4-6-15(13)19-14/h4,6,8-10H,3,5,7H2,1-2H3,(H,20,21). The van der Waals surface area contributed by atoms with E-state index in [2.05, 4.69) is 29.8 Å².